The number of hydrogen-bond donors (Lipinski definition) is 3. The molecule has 0 bridgehead atoms. The second kappa shape index (κ2) is 8.05. The predicted octanol–water partition coefficient (Wildman–Crippen LogP) is 1.71. The number of aromatic nitrogens is 1. The first-order valence-electron chi connectivity index (χ1n) is 6.00. The van der Waals surface area contributed by atoms with Crippen LogP contribution in [-0.4, -0.2) is 23.5 Å². The predicted molar refractivity (Wildman–Crippen MR) is 72.4 cm³/mol. The summed E-state index contributed by atoms with van der Waals surface area (Å²) in [5.74, 6) is 0.132. The molecule has 0 aliphatic heterocycles. The highest BCUT2D eigenvalue weighted by molar-refractivity contribution is 6.01. The number of hydrogen-bond acceptors (Lipinski definition) is 3. The van der Waals surface area contributed by atoms with Crippen LogP contribution in [0, 0.1) is 0 Å². The lowest BCUT2D eigenvalue weighted by Crippen LogP contribution is -2.39. The van der Waals surface area contributed by atoms with Crippen molar-refractivity contribution >= 4 is 17.7 Å². The average molecular weight is 249 g/mol. The lowest BCUT2D eigenvalue weighted by molar-refractivity contribution is 0.256. The summed E-state index contributed by atoms with van der Waals surface area (Å²) >= 11 is 0. The minimum Gasteiger partial charge on any atom is -0.370 e. The molecule has 4 N–H and O–H groups in total. The van der Waals surface area contributed by atoms with Crippen molar-refractivity contribution in [2.45, 2.75) is 26.2 Å². The van der Waals surface area contributed by atoms with Gasteiger partial charge < -0.3 is 11.1 Å². The minimum absolute atomic E-state index is 0.132. The maximum absolute atomic E-state index is 11.5. The molecule has 6 nitrogen and oxygen atoms in total. The minimum atomic E-state index is -0.417. The number of pyridine rings is 1. The van der Waals surface area contributed by atoms with Crippen LogP contribution in [0.5, 0.6) is 0 Å². The van der Waals surface area contributed by atoms with E-state index in [4.69, 9.17) is 5.73 Å². The standard InChI is InChI=1S/C12H19N5O/c1-2-3-4-8-15-11(13)17-12(18)16-10-6-5-7-14-9-10/h5-7,9H,2-4,8H2,1H3,(H4,13,15,16,17,18). The molecule has 0 aliphatic rings. The molecule has 1 rings (SSSR count). The Labute approximate surface area is 107 Å². The molecule has 1 aromatic rings. The number of anilines is 1. The van der Waals surface area contributed by atoms with Crippen molar-refractivity contribution in [2.75, 3.05) is 11.9 Å². The third kappa shape index (κ3) is 5.83. The summed E-state index contributed by atoms with van der Waals surface area (Å²) in [5.41, 5.74) is 6.18. The van der Waals surface area contributed by atoms with Gasteiger partial charge in [-0.15, -0.1) is 0 Å². The van der Waals surface area contributed by atoms with E-state index >= 15 is 0 Å². The monoisotopic (exact) mass is 249 g/mol. The first-order chi connectivity index (χ1) is 8.72. The zero-order chi connectivity index (χ0) is 13.2. The molecule has 18 heavy (non-hydrogen) atoms. The van der Waals surface area contributed by atoms with Gasteiger partial charge in [0.05, 0.1) is 11.9 Å². The van der Waals surface area contributed by atoms with Crippen LogP contribution in [0.1, 0.15) is 26.2 Å². The third-order valence-electron chi connectivity index (χ3n) is 2.20. The number of nitrogens with two attached hydrogens (primary N) is 1. The van der Waals surface area contributed by atoms with Crippen LogP contribution in [0.2, 0.25) is 0 Å². The number of guanidine groups is 1. The van der Waals surface area contributed by atoms with Gasteiger partial charge in [-0.25, -0.2) is 4.79 Å². The lowest BCUT2D eigenvalue weighted by Gasteiger charge is -2.06. The molecule has 1 heterocycles. The number of carbonyl (C=O) groups excluding carboxylic acids is 1. The Hall–Kier alpha value is -2.11. The Kier molecular flexibility index (Phi) is 6.24. The van der Waals surface area contributed by atoms with E-state index in [9.17, 15) is 4.79 Å². The van der Waals surface area contributed by atoms with Gasteiger partial charge in [0, 0.05) is 12.7 Å². The quantitative estimate of drug-likeness (QED) is 0.421. The van der Waals surface area contributed by atoms with Crippen molar-refractivity contribution in [3.8, 4) is 0 Å². The molecule has 0 unspecified atom stereocenters. The summed E-state index contributed by atoms with van der Waals surface area (Å²) in [6, 6.07) is 3.05. The van der Waals surface area contributed by atoms with Crippen molar-refractivity contribution < 1.29 is 4.79 Å². The van der Waals surface area contributed by atoms with Gasteiger partial charge >= 0.3 is 6.03 Å². The van der Waals surface area contributed by atoms with Gasteiger partial charge in [-0.2, -0.15) is 0 Å². The van der Waals surface area contributed by atoms with Gasteiger partial charge in [0.2, 0.25) is 0 Å². The van der Waals surface area contributed by atoms with E-state index in [1.54, 1.807) is 24.5 Å². The highest BCUT2D eigenvalue weighted by Crippen LogP contribution is 2.01. The van der Waals surface area contributed by atoms with Gasteiger partial charge in [0.1, 0.15) is 0 Å². The summed E-state index contributed by atoms with van der Waals surface area (Å²) in [6.07, 6.45) is 6.40. The highest BCUT2D eigenvalue weighted by atomic mass is 16.2. The number of nitrogens with one attached hydrogen (secondary N) is 2. The van der Waals surface area contributed by atoms with Crippen molar-refractivity contribution in [3.63, 3.8) is 0 Å². The second-order valence-electron chi connectivity index (χ2n) is 3.79. The molecule has 0 spiro atoms. The normalized spacial score (nSPS) is 11.1. The number of urea groups is 1. The fourth-order valence-electron chi connectivity index (χ4n) is 1.32. The molecule has 0 aromatic carbocycles. The van der Waals surface area contributed by atoms with E-state index in [-0.39, 0.29) is 5.96 Å². The van der Waals surface area contributed by atoms with Crippen LogP contribution >= 0.6 is 0 Å². The van der Waals surface area contributed by atoms with Gasteiger partial charge in [0.15, 0.2) is 5.96 Å². The van der Waals surface area contributed by atoms with Crippen molar-refractivity contribution in [3.05, 3.63) is 24.5 Å². The topological polar surface area (TPSA) is 92.4 Å². The van der Waals surface area contributed by atoms with Crippen LogP contribution in [0.25, 0.3) is 0 Å². The van der Waals surface area contributed by atoms with Crippen molar-refractivity contribution in [1.29, 1.82) is 0 Å². The summed E-state index contributed by atoms with van der Waals surface area (Å²) in [7, 11) is 0. The molecular formula is C12H19N5O. The van der Waals surface area contributed by atoms with Crippen LogP contribution in [-0.2, 0) is 0 Å². The maximum Gasteiger partial charge on any atom is 0.326 e. The molecule has 2 amide bonds. The van der Waals surface area contributed by atoms with Crippen molar-refractivity contribution in [1.82, 2.24) is 10.3 Å². The molecule has 0 fully saturated rings. The molecular weight excluding hydrogens is 230 g/mol. The first-order valence-corrected chi connectivity index (χ1v) is 6.00. The highest BCUT2D eigenvalue weighted by Gasteiger charge is 2.02. The zero-order valence-corrected chi connectivity index (χ0v) is 10.5. The molecule has 1 aromatic heterocycles. The summed E-state index contributed by atoms with van der Waals surface area (Å²) in [6.45, 7) is 2.75. The van der Waals surface area contributed by atoms with E-state index in [1.807, 2.05) is 0 Å². The lowest BCUT2D eigenvalue weighted by atomic mass is 10.2. The third-order valence-corrected chi connectivity index (χ3v) is 2.20. The summed E-state index contributed by atoms with van der Waals surface area (Å²) in [5, 5.41) is 5.06. The molecule has 98 valence electrons. The Morgan fingerprint density at radius 1 is 1.50 bits per heavy atom. The molecule has 6 heteroatoms. The van der Waals surface area contributed by atoms with E-state index in [0.29, 0.717) is 12.2 Å². The van der Waals surface area contributed by atoms with Gasteiger partial charge in [-0.1, -0.05) is 19.8 Å². The Morgan fingerprint density at radius 3 is 3.00 bits per heavy atom. The number of amides is 2. The first kappa shape index (κ1) is 14.0. The number of rotatable bonds is 5. The van der Waals surface area contributed by atoms with Crippen LogP contribution < -0.4 is 16.4 Å². The number of nitrogens with zero attached hydrogens (tertiary/aromatic N) is 2. The molecule has 0 atom stereocenters. The smallest absolute Gasteiger partial charge is 0.326 e. The maximum atomic E-state index is 11.5. The fraction of sp³-hybridized carbons (Fsp3) is 0.417. The number of aliphatic imine (C=N–C) groups is 1. The average Bonchev–Trinajstić information content (AvgIpc) is 2.35. The Morgan fingerprint density at radius 2 is 2.33 bits per heavy atom. The second-order valence-corrected chi connectivity index (χ2v) is 3.79. The Bertz CT molecular complexity index is 391. The Balaban J connectivity index is 2.31. The van der Waals surface area contributed by atoms with Gasteiger partial charge in [-0.05, 0) is 18.6 Å². The fourth-order valence-corrected chi connectivity index (χ4v) is 1.32. The summed E-state index contributed by atoms with van der Waals surface area (Å²) in [4.78, 5) is 19.4. The largest absolute Gasteiger partial charge is 0.370 e. The summed E-state index contributed by atoms with van der Waals surface area (Å²) < 4.78 is 0. The van der Waals surface area contributed by atoms with Crippen LogP contribution in [0.15, 0.2) is 29.5 Å². The van der Waals surface area contributed by atoms with Gasteiger partial charge in [0.25, 0.3) is 0 Å². The van der Waals surface area contributed by atoms with Gasteiger partial charge in [-0.3, -0.25) is 15.3 Å². The van der Waals surface area contributed by atoms with Crippen LogP contribution in [0.4, 0.5) is 10.5 Å². The molecule has 0 aliphatic carbocycles. The number of unbranched alkanes of at least 4 members (excludes halogenated alkanes) is 2. The molecule has 0 saturated heterocycles. The molecule has 0 radical (unpaired) electrons. The van der Waals surface area contributed by atoms with E-state index in [1.165, 1.54) is 0 Å². The van der Waals surface area contributed by atoms with E-state index in [2.05, 4.69) is 27.5 Å². The van der Waals surface area contributed by atoms with E-state index in [0.717, 1.165) is 19.3 Å². The van der Waals surface area contributed by atoms with Crippen molar-refractivity contribution in [2.24, 2.45) is 10.7 Å². The zero-order valence-electron chi connectivity index (χ0n) is 10.5. The number of carbonyl (C=O) groups is 1. The van der Waals surface area contributed by atoms with E-state index < -0.39 is 6.03 Å². The molecule has 0 saturated carbocycles. The SMILES string of the molecule is CCCCCN=C(N)NC(=O)Nc1cccnc1. The van der Waals surface area contributed by atoms with Crippen LogP contribution in [0.3, 0.4) is 0 Å².